The number of methoxy groups -OCH3 is 1. The van der Waals surface area contributed by atoms with Crippen LogP contribution in [0.15, 0.2) is 127 Å². The molecule has 0 aliphatic heterocycles. The number of hydrogen-bond acceptors (Lipinski definition) is 4. The molecular weight excluding hydrogens is 462 g/mol. The van der Waals surface area contributed by atoms with Crippen LogP contribution in [0, 0.1) is 0 Å². The summed E-state index contributed by atoms with van der Waals surface area (Å²) in [5.74, 6) is -0.504. The minimum atomic E-state index is -1.38. The van der Waals surface area contributed by atoms with Gasteiger partial charge in [0.2, 0.25) is 0 Å². The lowest BCUT2D eigenvalue weighted by Crippen LogP contribution is -2.55. The highest BCUT2D eigenvalue weighted by Gasteiger charge is 2.50. The van der Waals surface area contributed by atoms with Crippen molar-refractivity contribution in [2.75, 3.05) is 7.11 Å². The van der Waals surface area contributed by atoms with Crippen LogP contribution in [-0.2, 0) is 26.3 Å². The Hall–Kier alpha value is -4.64. The van der Waals surface area contributed by atoms with Crippen LogP contribution >= 0.6 is 0 Å². The third-order valence-electron chi connectivity index (χ3n) is 6.20. The zero-order valence-electron chi connectivity index (χ0n) is 20.6. The molecule has 37 heavy (non-hydrogen) atoms. The molecule has 4 rings (SSSR count). The van der Waals surface area contributed by atoms with Gasteiger partial charge in [0.05, 0.1) is 13.2 Å². The molecule has 0 aliphatic carbocycles. The van der Waals surface area contributed by atoms with E-state index in [0.29, 0.717) is 11.1 Å². The average molecular weight is 492 g/mol. The van der Waals surface area contributed by atoms with E-state index in [1.807, 2.05) is 133 Å². The van der Waals surface area contributed by atoms with Crippen LogP contribution in [0.3, 0.4) is 0 Å². The molecule has 0 spiro atoms. The second kappa shape index (κ2) is 12.4. The van der Waals surface area contributed by atoms with Crippen molar-refractivity contribution in [1.29, 1.82) is 0 Å². The van der Waals surface area contributed by atoms with E-state index in [1.54, 1.807) is 0 Å². The standard InChI is InChI=1S/C32H29NO4/c1-36-30(34)32(27-18-10-4-11-19-27,28-20-12-5-13-21-28)29(23-22-25-14-6-2-7-15-25)33-31(35)37-24-26-16-8-3-9-17-26/h2-23,29H,24H2,1H3,(H,33,35)/b23-22+. The maximum atomic E-state index is 13.8. The van der Waals surface area contributed by atoms with Gasteiger partial charge in [0, 0.05) is 0 Å². The fourth-order valence-corrected chi connectivity index (χ4v) is 4.42. The van der Waals surface area contributed by atoms with Gasteiger partial charge in [0.1, 0.15) is 12.0 Å². The molecule has 5 nitrogen and oxygen atoms in total. The second-order valence-corrected chi connectivity index (χ2v) is 8.49. The Morgan fingerprint density at radius 2 is 1.24 bits per heavy atom. The average Bonchev–Trinajstić information content (AvgIpc) is 2.97. The van der Waals surface area contributed by atoms with Gasteiger partial charge in [-0.1, -0.05) is 133 Å². The Balaban J connectivity index is 1.80. The maximum Gasteiger partial charge on any atom is 0.407 e. The molecule has 1 unspecified atom stereocenters. The van der Waals surface area contributed by atoms with E-state index in [2.05, 4.69) is 5.32 Å². The van der Waals surface area contributed by atoms with E-state index in [1.165, 1.54) is 7.11 Å². The van der Waals surface area contributed by atoms with E-state index in [4.69, 9.17) is 9.47 Å². The SMILES string of the molecule is COC(=O)C(c1ccccc1)(c1ccccc1)C(/C=C/c1ccccc1)NC(=O)OCc1ccccc1. The Bertz CT molecular complexity index is 1270. The molecule has 1 amide bonds. The van der Waals surface area contributed by atoms with Crippen LogP contribution < -0.4 is 5.32 Å². The highest BCUT2D eigenvalue weighted by Crippen LogP contribution is 2.38. The van der Waals surface area contributed by atoms with Crippen LogP contribution in [0.5, 0.6) is 0 Å². The fourth-order valence-electron chi connectivity index (χ4n) is 4.42. The largest absolute Gasteiger partial charge is 0.468 e. The van der Waals surface area contributed by atoms with Crippen LogP contribution in [-0.4, -0.2) is 25.2 Å². The third-order valence-corrected chi connectivity index (χ3v) is 6.20. The van der Waals surface area contributed by atoms with Crippen molar-refractivity contribution in [1.82, 2.24) is 5.32 Å². The number of benzene rings is 4. The minimum absolute atomic E-state index is 0.101. The summed E-state index contributed by atoms with van der Waals surface area (Å²) in [6, 6.07) is 37.0. The van der Waals surface area contributed by atoms with Crippen molar-refractivity contribution in [3.05, 3.63) is 150 Å². The van der Waals surface area contributed by atoms with Crippen LogP contribution in [0.2, 0.25) is 0 Å². The quantitative estimate of drug-likeness (QED) is 0.285. The molecule has 5 heteroatoms. The molecule has 0 aliphatic rings. The third kappa shape index (κ3) is 5.96. The first-order chi connectivity index (χ1) is 18.1. The second-order valence-electron chi connectivity index (χ2n) is 8.49. The molecule has 0 fully saturated rings. The molecule has 4 aromatic carbocycles. The van der Waals surface area contributed by atoms with Gasteiger partial charge in [-0.15, -0.1) is 0 Å². The lowest BCUT2D eigenvalue weighted by molar-refractivity contribution is -0.146. The summed E-state index contributed by atoms with van der Waals surface area (Å²) >= 11 is 0. The predicted octanol–water partition coefficient (Wildman–Crippen LogP) is 6.15. The summed E-state index contributed by atoms with van der Waals surface area (Å²) in [6.07, 6.45) is 3.05. The summed E-state index contributed by atoms with van der Waals surface area (Å²) in [5.41, 5.74) is 1.76. The first-order valence-corrected chi connectivity index (χ1v) is 12.0. The number of hydrogen-bond donors (Lipinski definition) is 1. The van der Waals surface area contributed by atoms with E-state index >= 15 is 0 Å². The van der Waals surface area contributed by atoms with Gasteiger partial charge in [-0.2, -0.15) is 0 Å². The highest BCUT2D eigenvalue weighted by molar-refractivity contribution is 5.90. The fraction of sp³-hybridized carbons (Fsp3) is 0.125. The van der Waals surface area contributed by atoms with Gasteiger partial charge in [0.25, 0.3) is 0 Å². The molecule has 1 N–H and O–H groups in total. The lowest BCUT2D eigenvalue weighted by Gasteiger charge is -2.38. The van der Waals surface area contributed by atoms with Crippen molar-refractivity contribution >= 4 is 18.1 Å². The number of nitrogens with one attached hydrogen (secondary N) is 1. The number of esters is 1. The van der Waals surface area contributed by atoms with Crippen molar-refractivity contribution in [3.8, 4) is 0 Å². The molecule has 0 heterocycles. The Labute approximate surface area is 217 Å². The molecule has 186 valence electrons. The summed E-state index contributed by atoms with van der Waals surface area (Å²) in [6.45, 7) is 0.101. The molecule has 0 bridgehead atoms. The Morgan fingerprint density at radius 3 is 1.76 bits per heavy atom. The molecule has 0 radical (unpaired) electrons. The Kier molecular flexibility index (Phi) is 8.50. The minimum Gasteiger partial charge on any atom is -0.468 e. The summed E-state index contributed by atoms with van der Waals surface area (Å²) in [5, 5.41) is 2.96. The van der Waals surface area contributed by atoms with Gasteiger partial charge in [0.15, 0.2) is 0 Å². The zero-order valence-corrected chi connectivity index (χ0v) is 20.6. The van der Waals surface area contributed by atoms with Gasteiger partial charge in [-0.3, -0.25) is 4.79 Å². The highest BCUT2D eigenvalue weighted by atomic mass is 16.5. The van der Waals surface area contributed by atoms with Gasteiger partial charge in [-0.25, -0.2) is 4.79 Å². The molecule has 0 saturated carbocycles. The van der Waals surface area contributed by atoms with E-state index in [-0.39, 0.29) is 6.61 Å². The number of amides is 1. The van der Waals surface area contributed by atoms with Crippen LogP contribution in [0.1, 0.15) is 22.3 Å². The number of carbonyl (C=O) groups excluding carboxylic acids is 2. The van der Waals surface area contributed by atoms with E-state index in [0.717, 1.165) is 11.1 Å². The van der Waals surface area contributed by atoms with Crippen molar-refractivity contribution in [3.63, 3.8) is 0 Å². The van der Waals surface area contributed by atoms with Crippen molar-refractivity contribution in [2.24, 2.45) is 0 Å². The first-order valence-electron chi connectivity index (χ1n) is 12.0. The zero-order chi connectivity index (χ0) is 25.9. The topological polar surface area (TPSA) is 64.6 Å². The van der Waals surface area contributed by atoms with Crippen molar-refractivity contribution in [2.45, 2.75) is 18.1 Å². The maximum absolute atomic E-state index is 13.8. The number of rotatable bonds is 9. The number of alkyl carbamates (subject to hydrolysis) is 1. The monoisotopic (exact) mass is 491 g/mol. The first kappa shape index (κ1) is 25.5. The lowest BCUT2D eigenvalue weighted by atomic mass is 9.68. The smallest absolute Gasteiger partial charge is 0.407 e. The normalized spacial score (nSPS) is 12.0. The van der Waals surface area contributed by atoms with Gasteiger partial charge in [-0.05, 0) is 22.3 Å². The molecule has 4 aromatic rings. The van der Waals surface area contributed by atoms with Crippen molar-refractivity contribution < 1.29 is 19.1 Å². The molecule has 1 atom stereocenters. The van der Waals surface area contributed by atoms with Gasteiger partial charge < -0.3 is 14.8 Å². The number of ether oxygens (including phenoxy) is 2. The predicted molar refractivity (Wildman–Crippen MR) is 145 cm³/mol. The summed E-state index contributed by atoms with van der Waals surface area (Å²) in [4.78, 5) is 26.9. The Morgan fingerprint density at radius 1 is 0.757 bits per heavy atom. The summed E-state index contributed by atoms with van der Waals surface area (Å²) < 4.78 is 11.0. The molecule has 0 saturated heterocycles. The van der Waals surface area contributed by atoms with Gasteiger partial charge >= 0.3 is 12.1 Å². The number of carbonyl (C=O) groups is 2. The molecule has 0 aromatic heterocycles. The van der Waals surface area contributed by atoms with E-state index < -0.39 is 23.5 Å². The summed E-state index contributed by atoms with van der Waals surface area (Å²) in [7, 11) is 1.36. The molecular formula is C32H29NO4. The van der Waals surface area contributed by atoms with E-state index in [9.17, 15) is 9.59 Å². The van der Waals surface area contributed by atoms with Crippen LogP contribution in [0.25, 0.3) is 6.08 Å². The van der Waals surface area contributed by atoms with Crippen LogP contribution in [0.4, 0.5) is 4.79 Å².